The fourth-order valence-electron chi connectivity index (χ4n) is 0.890. The molecule has 1 N–H and O–H groups in total. The van der Waals surface area contributed by atoms with Crippen LogP contribution in [0.25, 0.3) is 0 Å². The summed E-state index contributed by atoms with van der Waals surface area (Å²) in [6.07, 6.45) is 0. The number of likely N-dealkylation sites (N-methyl/N-ethyl adjacent to an activating group) is 1. The maximum Gasteiger partial charge on any atom is 0.243 e. The molecule has 0 radical (unpaired) electrons. The number of aryl methyl sites for hydroxylation is 1. The number of hydrogen-bond donors (Lipinski definition) is 1. The zero-order valence-electron chi connectivity index (χ0n) is 6.93. The van der Waals surface area contributed by atoms with Crippen molar-refractivity contribution in [2.45, 2.75) is 12.3 Å². The highest BCUT2D eigenvalue weighted by molar-refractivity contribution is 7.10. The van der Waals surface area contributed by atoms with Gasteiger partial charge in [-0.05, 0) is 23.9 Å². The van der Waals surface area contributed by atoms with Gasteiger partial charge in [0.2, 0.25) is 5.91 Å². The largest absolute Gasteiger partial charge is 0.358 e. The van der Waals surface area contributed by atoms with Crippen LogP contribution in [0.5, 0.6) is 0 Å². The first-order valence-electron chi connectivity index (χ1n) is 3.56. The smallest absolute Gasteiger partial charge is 0.243 e. The van der Waals surface area contributed by atoms with Gasteiger partial charge in [-0.1, -0.05) is 0 Å². The fraction of sp³-hybridized carbons (Fsp3) is 0.375. The lowest BCUT2D eigenvalue weighted by molar-refractivity contribution is -0.120. The SMILES string of the molecule is CNC(=O)C(Cl)c1sccc1C. The van der Waals surface area contributed by atoms with Crippen molar-refractivity contribution in [3.05, 3.63) is 21.9 Å². The first-order chi connectivity index (χ1) is 5.66. The van der Waals surface area contributed by atoms with Gasteiger partial charge in [0.05, 0.1) is 0 Å². The monoisotopic (exact) mass is 203 g/mol. The summed E-state index contributed by atoms with van der Waals surface area (Å²) < 4.78 is 0. The van der Waals surface area contributed by atoms with Crippen molar-refractivity contribution in [2.24, 2.45) is 0 Å². The lowest BCUT2D eigenvalue weighted by Gasteiger charge is -2.06. The lowest BCUT2D eigenvalue weighted by Crippen LogP contribution is -2.22. The van der Waals surface area contributed by atoms with E-state index in [4.69, 9.17) is 11.6 Å². The van der Waals surface area contributed by atoms with E-state index in [2.05, 4.69) is 5.32 Å². The van der Waals surface area contributed by atoms with Crippen LogP contribution in [0.1, 0.15) is 15.8 Å². The molecule has 0 saturated carbocycles. The highest BCUT2D eigenvalue weighted by Gasteiger charge is 2.18. The molecule has 0 spiro atoms. The zero-order chi connectivity index (χ0) is 9.14. The topological polar surface area (TPSA) is 29.1 Å². The van der Waals surface area contributed by atoms with Crippen LogP contribution in [0.4, 0.5) is 0 Å². The van der Waals surface area contributed by atoms with Crippen molar-refractivity contribution in [3.63, 3.8) is 0 Å². The Morgan fingerprint density at radius 2 is 2.42 bits per heavy atom. The van der Waals surface area contributed by atoms with Gasteiger partial charge >= 0.3 is 0 Å². The number of carbonyl (C=O) groups is 1. The Morgan fingerprint density at radius 1 is 1.75 bits per heavy atom. The normalized spacial score (nSPS) is 12.6. The van der Waals surface area contributed by atoms with E-state index in [9.17, 15) is 4.79 Å². The standard InChI is InChI=1S/C8H10ClNOS/c1-5-3-4-12-7(5)6(9)8(11)10-2/h3-4,6H,1-2H3,(H,10,11). The third-order valence-electron chi connectivity index (χ3n) is 1.61. The van der Waals surface area contributed by atoms with Gasteiger partial charge in [0.15, 0.2) is 0 Å². The highest BCUT2D eigenvalue weighted by atomic mass is 35.5. The molecule has 12 heavy (non-hydrogen) atoms. The molecule has 0 aromatic carbocycles. The molecule has 0 bridgehead atoms. The summed E-state index contributed by atoms with van der Waals surface area (Å²) in [6.45, 7) is 1.95. The second-order valence-corrected chi connectivity index (χ2v) is 3.83. The molecule has 1 atom stereocenters. The number of alkyl halides is 1. The molecule has 2 nitrogen and oxygen atoms in total. The van der Waals surface area contributed by atoms with Crippen LogP contribution in [0, 0.1) is 6.92 Å². The molecule has 1 aromatic rings. The van der Waals surface area contributed by atoms with Crippen LogP contribution >= 0.6 is 22.9 Å². The molecular formula is C8H10ClNOS. The fourth-order valence-corrected chi connectivity index (χ4v) is 2.22. The molecule has 1 amide bonds. The van der Waals surface area contributed by atoms with E-state index >= 15 is 0 Å². The number of amides is 1. The minimum absolute atomic E-state index is 0.151. The third kappa shape index (κ3) is 1.79. The van der Waals surface area contributed by atoms with Crippen LogP contribution < -0.4 is 5.32 Å². The van der Waals surface area contributed by atoms with E-state index in [0.29, 0.717) is 0 Å². The average Bonchev–Trinajstić information content (AvgIpc) is 2.48. The maximum atomic E-state index is 11.1. The van der Waals surface area contributed by atoms with Crippen molar-refractivity contribution in [1.29, 1.82) is 0 Å². The summed E-state index contributed by atoms with van der Waals surface area (Å²) >= 11 is 7.41. The number of thiophene rings is 1. The molecule has 0 aliphatic heterocycles. The van der Waals surface area contributed by atoms with E-state index in [1.807, 2.05) is 18.4 Å². The summed E-state index contributed by atoms with van der Waals surface area (Å²) in [6, 6.07) is 1.96. The van der Waals surface area contributed by atoms with Crippen LogP contribution in [0.15, 0.2) is 11.4 Å². The molecule has 1 aromatic heterocycles. The van der Waals surface area contributed by atoms with Crippen molar-refractivity contribution < 1.29 is 4.79 Å². The van der Waals surface area contributed by atoms with Crippen LogP contribution in [-0.4, -0.2) is 13.0 Å². The van der Waals surface area contributed by atoms with Gasteiger partial charge in [0.25, 0.3) is 0 Å². The molecule has 0 aliphatic rings. The van der Waals surface area contributed by atoms with Crippen molar-refractivity contribution in [3.8, 4) is 0 Å². The lowest BCUT2D eigenvalue weighted by atomic mass is 10.2. The molecule has 1 heterocycles. The van der Waals surface area contributed by atoms with Crippen molar-refractivity contribution >= 4 is 28.8 Å². The summed E-state index contributed by atoms with van der Waals surface area (Å²) in [5, 5.41) is 3.90. The van der Waals surface area contributed by atoms with E-state index in [1.165, 1.54) is 11.3 Å². The Morgan fingerprint density at radius 3 is 2.83 bits per heavy atom. The summed E-state index contributed by atoms with van der Waals surface area (Å²) in [5.41, 5.74) is 1.07. The van der Waals surface area contributed by atoms with Gasteiger partial charge in [0, 0.05) is 11.9 Å². The Labute approximate surface area is 80.5 Å². The maximum absolute atomic E-state index is 11.1. The van der Waals surface area contributed by atoms with Crippen LogP contribution in [0.2, 0.25) is 0 Å². The van der Waals surface area contributed by atoms with Crippen molar-refractivity contribution in [2.75, 3.05) is 7.05 Å². The number of rotatable bonds is 2. The molecule has 0 saturated heterocycles. The third-order valence-corrected chi connectivity index (χ3v) is 3.24. The Balaban J connectivity index is 2.84. The zero-order valence-corrected chi connectivity index (χ0v) is 8.50. The van der Waals surface area contributed by atoms with Gasteiger partial charge in [-0.25, -0.2) is 0 Å². The molecule has 1 unspecified atom stereocenters. The summed E-state index contributed by atoms with van der Waals surface area (Å²) in [4.78, 5) is 12.1. The van der Waals surface area contributed by atoms with Crippen molar-refractivity contribution in [1.82, 2.24) is 5.32 Å². The first-order valence-corrected chi connectivity index (χ1v) is 4.88. The number of carbonyl (C=O) groups excluding carboxylic acids is 1. The van der Waals surface area contributed by atoms with Gasteiger partial charge < -0.3 is 5.32 Å². The Kier molecular flexibility index (Phi) is 3.12. The molecule has 66 valence electrons. The average molecular weight is 204 g/mol. The predicted octanol–water partition coefficient (Wildman–Crippen LogP) is 2.08. The molecule has 1 rings (SSSR count). The summed E-state index contributed by atoms with van der Waals surface area (Å²) in [5.74, 6) is -0.151. The number of halogens is 1. The molecule has 0 fully saturated rings. The highest BCUT2D eigenvalue weighted by Crippen LogP contribution is 2.28. The van der Waals surface area contributed by atoms with E-state index < -0.39 is 5.38 Å². The minimum atomic E-state index is -0.546. The quantitative estimate of drug-likeness (QED) is 0.733. The Hall–Kier alpha value is -0.540. The van der Waals surface area contributed by atoms with Gasteiger partial charge in [-0.2, -0.15) is 0 Å². The Bertz CT molecular complexity index is 284. The first kappa shape index (κ1) is 9.55. The van der Waals surface area contributed by atoms with E-state index in [0.717, 1.165) is 10.4 Å². The van der Waals surface area contributed by atoms with Crippen LogP contribution in [0.3, 0.4) is 0 Å². The molecule has 4 heteroatoms. The van der Waals surface area contributed by atoms with E-state index in [1.54, 1.807) is 7.05 Å². The number of nitrogens with one attached hydrogen (secondary N) is 1. The molecular weight excluding hydrogens is 194 g/mol. The second kappa shape index (κ2) is 3.92. The number of hydrogen-bond acceptors (Lipinski definition) is 2. The summed E-state index contributed by atoms with van der Waals surface area (Å²) in [7, 11) is 1.58. The van der Waals surface area contributed by atoms with Gasteiger partial charge in [-0.15, -0.1) is 22.9 Å². The second-order valence-electron chi connectivity index (χ2n) is 2.44. The minimum Gasteiger partial charge on any atom is -0.358 e. The van der Waals surface area contributed by atoms with E-state index in [-0.39, 0.29) is 5.91 Å². The van der Waals surface area contributed by atoms with Gasteiger partial charge in [0.1, 0.15) is 5.38 Å². The van der Waals surface area contributed by atoms with Crippen LogP contribution in [-0.2, 0) is 4.79 Å². The predicted molar refractivity (Wildman–Crippen MR) is 51.7 cm³/mol. The van der Waals surface area contributed by atoms with Gasteiger partial charge in [-0.3, -0.25) is 4.79 Å². The molecule has 0 aliphatic carbocycles.